The van der Waals surface area contributed by atoms with Gasteiger partial charge in [-0.05, 0) is 42.7 Å². The highest BCUT2D eigenvalue weighted by Gasteiger charge is 2.22. The van der Waals surface area contributed by atoms with Crippen LogP contribution >= 0.6 is 11.6 Å². The second-order valence-corrected chi connectivity index (χ2v) is 6.38. The maximum Gasteiger partial charge on any atom is 0.336 e. The standard InChI is InChI=1S/C18H18ClN3O2/c1-4-12-9-14(18(23)24)15-16(10(2)3)21-22(17(15)20-12)13-7-5-11(19)6-8-13/h5-10H,4H2,1-3H3,(H,23,24). The fraction of sp³-hybridized carbons (Fsp3) is 0.278. The first-order chi connectivity index (χ1) is 11.4. The summed E-state index contributed by atoms with van der Waals surface area (Å²) in [5, 5.41) is 15.5. The lowest BCUT2D eigenvalue weighted by Crippen LogP contribution is -2.03. The Balaban J connectivity index is 2.40. The summed E-state index contributed by atoms with van der Waals surface area (Å²) in [6.07, 6.45) is 0.652. The largest absolute Gasteiger partial charge is 0.478 e. The van der Waals surface area contributed by atoms with Crippen LogP contribution in [0.25, 0.3) is 16.7 Å². The van der Waals surface area contributed by atoms with Crippen LogP contribution < -0.4 is 0 Å². The van der Waals surface area contributed by atoms with Gasteiger partial charge in [-0.2, -0.15) is 5.10 Å². The number of carbonyl (C=O) groups is 1. The Labute approximate surface area is 144 Å². The highest BCUT2D eigenvalue weighted by atomic mass is 35.5. The molecule has 124 valence electrons. The van der Waals surface area contributed by atoms with E-state index in [9.17, 15) is 9.90 Å². The Bertz CT molecular complexity index is 914. The molecule has 3 rings (SSSR count). The average Bonchev–Trinajstić information content (AvgIpc) is 2.94. The molecule has 5 nitrogen and oxygen atoms in total. The highest BCUT2D eigenvalue weighted by molar-refractivity contribution is 6.30. The van der Waals surface area contributed by atoms with Gasteiger partial charge in [0.1, 0.15) is 0 Å². The number of aromatic carboxylic acids is 1. The van der Waals surface area contributed by atoms with Crippen molar-refractivity contribution < 1.29 is 9.90 Å². The van der Waals surface area contributed by atoms with Crippen LogP contribution in [0.5, 0.6) is 0 Å². The van der Waals surface area contributed by atoms with Crippen LogP contribution in [0.4, 0.5) is 0 Å². The normalized spacial score (nSPS) is 11.4. The first-order valence-corrected chi connectivity index (χ1v) is 8.22. The van der Waals surface area contributed by atoms with Crippen LogP contribution in [-0.2, 0) is 6.42 Å². The Morgan fingerprint density at radius 2 is 1.96 bits per heavy atom. The molecule has 0 amide bonds. The number of pyridine rings is 1. The number of rotatable bonds is 4. The quantitative estimate of drug-likeness (QED) is 0.759. The number of carboxylic acids is 1. The van der Waals surface area contributed by atoms with E-state index in [1.807, 2.05) is 32.9 Å². The molecule has 0 aliphatic heterocycles. The van der Waals surface area contributed by atoms with Gasteiger partial charge in [-0.1, -0.05) is 32.4 Å². The molecule has 1 aromatic carbocycles. The van der Waals surface area contributed by atoms with Gasteiger partial charge in [0, 0.05) is 10.7 Å². The van der Waals surface area contributed by atoms with Crippen molar-refractivity contribution in [2.45, 2.75) is 33.1 Å². The first-order valence-electron chi connectivity index (χ1n) is 7.84. The summed E-state index contributed by atoms with van der Waals surface area (Å²) in [6.45, 7) is 5.94. The van der Waals surface area contributed by atoms with E-state index in [0.717, 1.165) is 17.1 Å². The molecule has 2 aromatic heterocycles. The lowest BCUT2D eigenvalue weighted by molar-refractivity contribution is 0.0698. The monoisotopic (exact) mass is 343 g/mol. The minimum absolute atomic E-state index is 0.0772. The summed E-state index contributed by atoms with van der Waals surface area (Å²) >= 11 is 5.96. The van der Waals surface area contributed by atoms with Crippen molar-refractivity contribution in [1.29, 1.82) is 0 Å². The number of benzene rings is 1. The van der Waals surface area contributed by atoms with Crippen LogP contribution in [0.1, 0.15) is 48.4 Å². The second kappa shape index (κ2) is 6.24. The first kappa shape index (κ1) is 16.5. The van der Waals surface area contributed by atoms with Gasteiger partial charge >= 0.3 is 5.97 Å². The summed E-state index contributed by atoms with van der Waals surface area (Å²) in [5.41, 5.74) is 3.07. The third-order valence-electron chi connectivity index (χ3n) is 3.93. The van der Waals surface area contributed by atoms with Crippen molar-refractivity contribution in [3.05, 3.63) is 52.3 Å². The van der Waals surface area contributed by atoms with Crippen molar-refractivity contribution >= 4 is 28.6 Å². The minimum atomic E-state index is -0.963. The van der Waals surface area contributed by atoms with E-state index in [2.05, 4.69) is 10.1 Å². The molecule has 0 unspecified atom stereocenters. The van der Waals surface area contributed by atoms with E-state index in [1.54, 1.807) is 22.9 Å². The molecular weight excluding hydrogens is 326 g/mol. The predicted octanol–water partition coefficient (Wildman–Crippen LogP) is 4.46. The molecule has 2 heterocycles. The molecule has 1 N–H and O–H groups in total. The van der Waals surface area contributed by atoms with E-state index < -0.39 is 5.97 Å². The number of aromatic nitrogens is 3. The molecule has 0 fully saturated rings. The Morgan fingerprint density at radius 3 is 2.50 bits per heavy atom. The third kappa shape index (κ3) is 2.76. The number of fused-ring (bicyclic) bond motifs is 1. The Hall–Kier alpha value is -2.40. The highest BCUT2D eigenvalue weighted by Crippen LogP contribution is 2.30. The molecule has 3 aromatic rings. The molecule has 0 aliphatic rings. The van der Waals surface area contributed by atoms with E-state index in [-0.39, 0.29) is 11.5 Å². The third-order valence-corrected chi connectivity index (χ3v) is 4.18. The average molecular weight is 344 g/mol. The van der Waals surface area contributed by atoms with Crippen LogP contribution in [0.3, 0.4) is 0 Å². The number of carboxylic acid groups (broad SMARTS) is 1. The van der Waals surface area contributed by atoms with Crippen molar-refractivity contribution in [3.8, 4) is 5.69 Å². The van der Waals surface area contributed by atoms with Crippen LogP contribution in [0.15, 0.2) is 30.3 Å². The van der Waals surface area contributed by atoms with Crippen LogP contribution in [0.2, 0.25) is 5.02 Å². The van der Waals surface area contributed by atoms with Gasteiger partial charge in [0.25, 0.3) is 0 Å². The number of halogens is 1. The molecule has 0 aliphatic carbocycles. The fourth-order valence-corrected chi connectivity index (χ4v) is 2.84. The predicted molar refractivity (Wildman–Crippen MR) is 94.3 cm³/mol. The van der Waals surface area contributed by atoms with Gasteiger partial charge in [0.05, 0.1) is 22.3 Å². The maximum atomic E-state index is 11.8. The van der Waals surface area contributed by atoms with Gasteiger partial charge in [-0.25, -0.2) is 14.5 Å². The molecular formula is C18H18ClN3O2. The Kier molecular flexibility index (Phi) is 4.28. The zero-order valence-corrected chi connectivity index (χ0v) is 14.5. The molecule has 6 heteroatoms. The number of aryl methyl sites for hydroxylation is 1. The van der Waals surface area contributed by atoms with Gasteiger partial charge in [-0.3, -0.25) is 0 Å². The number of hydrogen-bond acceptors (Lipinski definition) is 3. The van der Waals surface area contributed by atoms with Crippen molar-refractivity contribution in [3.63, 3.8) is 0 Å². The van der Waals surface area contributed by atoms with Gasteiger partial charge < -0.3 is 5.11 Å². The summed E-state index contributed by atoms with van der Waals surface area (Å²) in [7, 11) is 0. The zero-order chi connectivity index (χ0) is 17.4. The van der Waals surface area contributed by atoms with Crippen molar-refractivity contribution in [1.82, 2.24) is 14.8 Å². The molecule has 0 bridgehead atoms. The summed E-state index contributed by atoms with van der Waals surface area (Å²) in [6, 6.07) is 8.89. The fourth-order valence-electron chi connectivity index (χ4n) is 2.71. The molecule has 0 saturated carbocycles. The van der Waals surface area contributed by atoms with Crippen LogP contribution in [-0.4, -0.2) is 25.8 Å². The SMILES string of the molecule is CCc1cc(C(=O)O)c2c(C(C)C)nn(-c3ccc(Cl)cc3)c2n1. The van der Waals surface area contributed by atoms with E-state index in [4.69, 9.17) is 11.6 Å². The van der Waals surface area contributed by atoms with E-state index in [1.165, 1.54) is 0 Å². The number of nitrogens with zero attached hydrogens (tertiary/aromatic N) is 3. The molecule has 0 saturated heterocycles. The second-order valence-electron chi connectivity index (χ2n) is 5.95. The van der Waals surface area contributed by atoms with Crippen molar-refractivity contribution in [2.75, 3.05) is 0 Å². The van der Waals surface area contributed by atoms with E-state index >= 15 is 0 Å². The maximum absolute atomic E-state index is 11.8. The smallest absolute Gasteiger partial charge is 0.336 e. The van der Waals surface area contributed by atoms with Gasteiger partial charge in [-0.15, -0.1) is 0 Å². The minimum Gasteiger partial charge on any atom is -0.478 e. The summed E-state index contributed by atoms with van der Waals surface area (Å²) < 4.78 is 1.70. The van der Waals surface area contributed by atoms with Crippen molar-refractivity contribution in [2.24, 2.45) is 0 Å². The molecule has 0 spiro atoms. The lowest BCUT2D eigenvalue weighted by atomic mass is 10.0. The topological polar surface area (TPSA) is 68.0 Å². The Morgan fingerprint density at radius 1 is 1.29 bits per heavy atom. The van der Waals surface area contributed by atoms with Crippen LogP contribution in [0, 0.1) is 0 Å². The van der Waals surface area contributed by atoms with Gasteiger partial charge in [0.15, 0.2) is 5.65 Å². The van der Waals surface area contributed by atoms with E-state index in [0.29, 0.717) is 22.5 Å². The lowest BCUT2D eigenvalue weighted by Gasteiger charge is -2.06. The summed E-state index contributed by atoms with van der Waals surface area (Å²) in [4.78, 5) is 16.4. The number of hydrogen-bond donors (Lipinski definition) is 1. The summed E-state index contributed by atoms with van der Waals surface area (Å²) in [5.74, 6) is -0.886. The molecule has 24 heavy (non-hydrogen) atoms. The zero-order valence-electron chi connectivity index (χ0n) is 13.7. The molecule has 0 radical (unpaired) electrons. The molecule has 0 atom stereocenters. The van der Waals surface area contributed by atoms with Gasteiger partial charge in [0.2, 0.25) is 0 Å².